The minimum absolute atomic E-state index is 0.0439. The van der Waals surface area contributed by atoms with E-state index in [0.29, 0.717) is 46.5 Å². The van der Waals surface area contributed by atoms with E-state index in [-0.39, 0.29) is 17.7 Å². The molecule has 2 aromatic carbocycles. The molecule has 9 nitrogen and oxygen atoms in total. The van der Waals surface area contributed by atoms with Crippen molar-refractivity contribution in [2.45, 2.75) is 38.5 Å². The molecule has 0 radical (unpaired) electrons. The van der Waals surface area contributed by atoms with Crippen molar-refractivity contribution >= 4 is 29.2 Å². The van der Waals surface area contributed by atoms with Crippen LogP contribution < -0.4 is 20.1 Å². The highest BCUT2D eigenvalue weighted by Gasteiger charge is 2.33. The number of likely N-dealkylation sites (N-methyl/N-ethyl adjacent to an activating group) is 1. The molecule has 4 heterocycles. The van der Waals surface area contributed by atoms with Crippen LogP contribution in [0.4, 0.5) is 5.82 Å². The SMILES string of the molecule is CC1c2cc(Oc3ccnc4c3CCC(=O)N4)ccc2O[C@H]1NC(=O)c1ccc(CN2CCN(C)CC2)c(Cl)c1. The van der Waals surface area contributed by atoms with Crippen LogP contribution in [0.25, 0.3) is 0 Å². The quantitative estimate of drug-likeness (QED) is 0.460. The Hall–Kier alpha value is -3.66. The summed E-state index contributed by atoms with van der Waals surface area (Å²) in [6.45, 7) is 6.87. The molecule has 0 aliphatic carbocycles. The number of aromatic nitrogens is 1. The third kappa shape index (κ3) is 5.50. The number of ether oxygens (including phenoxy) is 2. The molecule has 2 N–H and O–H groups in total. The van der Waals surface area contributed by atoms with Gasteiger partial charge in [-0.3, -0.25) is 14.5 Å². The molecule has 3 aliphatic rings. The van der Waals surface area contributed by atoms with Gasteiger partial charge in [0.05, 0.1) is 0 Å². The van der Waals surface area contributed by atoms with E-state index in [9.17, 15) is 9.59 Å². The third-order valence-corrected chi connectivity index (χ3v) is 8.21. The molecule has 3 aliphatic heterocycles. The minimum Gasteiger partial charge on any atom is -0.470 e. The molecule has 40 heavy (non-hydrogen) atoms. The second-order valence-corrected chi connectivity index (χ2v) is 11.1. The molecule has 3 aromatic rings. The standard InChI is InChI=1S/C30H32ClN5O4/c1-18-23-16-21(39-26-9-10-32-28-22(26)6-8-27(37)33-28)5-7-25(23)40-30(18)34-29(38)19-3-4-20(24(31)15-19)17-36-13-11-35(2)12-14-36/h3-5,7,9-10,15-16,18,30H,6,8,11-14,17H2,1-2H3,(H,34,38)(H,32,33,37)/t18?,30-/m1/s1. The Morgan fingerprint density at radius 3 is 2.77 bits per heavy atom. The molecule has 208 valence electrons. The molecule has 0 bridgehead atoms. The predicted octanol–water partition coefficient (Wildman–Crippen LogP) is 4.41. The maximum atomic E-state index is 13.1. The van der Waals surface area contributed by atoms with Gasteiger partial charge in [-0.2, -0.15) is 0 Å². The fourth-order valence-electron chi connectivity index (χ4n) is 5.37. The summed E-state index contributed by atoms with van der Waals surface area (Å²) in [5.41, 5.74) is 3.34. The lowest BCUT2D eigenvalue weighted by Crippen LogP contribution is -2.43. The van der Waals surface area contributed by atoms with Gasteiger partial charge in [-0.15, -0.1) is 0 Å². The molecule has 0 saturated carbocycles. The summed E-state index contributed by atoms with van der Waals surface area (Å²) in [7, 11) is 2.13. The Labute approximate surface area is 238 Å². The Balaban J connectivity index is 1.10. The lowest BCUT2D eigenvalue weighted by Gasteiger charge is -2.32. The number of halogens is 1. The predicted molar refractivity (Wildman–Crippen MR) is 152 cm³/mol. The van der Waals surface area contributed by atoms with Crippen LogP contribution in [0.5, 0.6) is 17.2 Å². The number of carbonyl (C=O) groups is 2. The largest absolute Gasteiger partial charge is 0.470 e. The van der Waals surface area contributed by atoms with Crippen molar-refractivity contribution in [3.63, 3.8) is 0 Å². The zero-order chi connectivity index (χ0) is 27.8. The lowest BCUT2D eigenvalue weighted by molar-refractivity contribution is -0.116. The smallest absolute Gasteiger partial charge is 0.254 e. The first kappa shape index (κ1) is 26.6. The van der Waals surface area contributed by atoms with Crippen LogP contribution in [0.1, 0.15) is 46.3 Å². The number of benzene rings is 2. The Bertz CT molecular complexity index is 1460. The van der Waals surface area contributed by atoms with Crippen LogP contribution in [-0.4, -0.2) is 66.1 Å². The minimum atomic E-state index is -0.523. The van der Waals surface area contributed by atoms with E-state index in [1.54, 1.807) is 18.3 Å². The van der Waals surface area contributed by atoms with Gasteiger partial charge in [0.2, 0.25) is 5.91 Å². The highest BCUT2D eigenvalue weighted by molar-refractivity contribution is 6.31. The number of carbonyl (C=O) groups excluding carboxylic acids is 2. The molecule has 0 spiro atoms. The molecule has 10 heteroatoms. The summed E-state index contributed by atoms with van der Waals surface area (Å²) < 4.78 is 12.3. The number of fused-ring (bicyclic) bond motifs is 2. The monoisotopic (exact) mass is 561 g/mol. The van der Waals surface area contributed by atoms with E-state index in [0.717, 1.165) is 49.4 Å². The topological polar surface area (TPSA) is 96.0 Å². The highest BCUT2D eigenvalue weighted by Crippen LogP contribution is 2.41. The average molecular weight is 562 g/mol. The van der Waals surface area contributed by atoms with Crippen LogP contribution in [0, 0.1) is 0 Å². The van der Waals surface area contributed by atoms with Gasteiger partial charge in [0.15, 0.2) is 6.23 Å². The average Bonchev–Trinajstić information content (AvgIpc) is 3.25. The summed E-state index contributed by atoms with van der Waals surface area (Å²) in [5.74, 6) is 2.18. The van der Waals surface area contributed by atoms with Crippen LogP contribution in [0.3, 0.4) is 0 Å². The van der Waals surface area contributed by atoms with Crippen molar-refractivity contribution in [1.82, 2.24) is 20.1 Å². The fraction of sp³-hybridized carbons (Fsp3) is 0.367. The number of hydrogen-bond donors (Lipinski definition) is 2. The third-order valence-electron chi connectivity index (χ3n) is 7.86. The lowest BCUT2D eigenvalue weighted by atomic mass is 10.0. The van der Waals surface area contributed by atoms with Crippen molar-refractivity contribution in [3.05, 3.63) is 75.9 Å². The first-order chi connectivity index (χ1) is 19.3. The van der Waals surface area contributed by atoms with Gasteiger partial charge in [-0.1, -0.05) is 24.6 Å². The number of hydrogen-bond acceptors (Lipinski definition) is 7. The van der Waals surface area contributed by atoms with Crippen LogP contribution >= 0.6 is 11.6 Å². The molecular weight excluding hydrogens is 530 g/mol. The number of anilines is 1. The van der Waals surface area contributed by atoms with Crippen molar-refractivity contribution in [3.8, 4) is 17.2 Å². The van der Waals surface area contributed by atoms with Gasteiger partial charge in [-0.25, -0.2) is 4.98 Å². The molecule has 2 amide bonds. The van der Waals surface area contributed by atoms with Gasteiger partial charge >= 0.3 is 0 Å². The molecular formula is C30H32ClN5O4. The number of rotatable bonds is 6. The first-order valence-corrected chi connectivity index (χ1v) is 14.0. The maximum Gasteiger partial charge on any atom is 0.254 e. The van der Waals surface area contributed by atoms with E-state index in [4.69, 9.17) is 21.1 Å². The molecule has 1 saturated heterocycles. The van der Waals surface area contributed by atoms with Gasteiger partial charge in [0.25, 0.3) is 5.91 Å². The van der Waals surface area contributed by atoms with E-state index in [1.807, 2.05) is 37.3 Å². The fourth-order valence-corrected chi connectivity index (χ4v) is 5.61. The maximum absolute atomic E-state index is 13.1. The molecule has 6 rings (SSSR count). The normalized spacial score (nSPS) is 20.7. The van der Waals surface area contributed by atoms with Crippen LogP contribution in [0.15, 0.2) is 48.7 Å². The van der Waals surface area contributed by atoms with Gasteiger partial charge < -0.3 is 25.0 Å². The second-order valence-electron chi connectivity index (χ2n) is 10.7. The van der Waals surface area contributed by atoms with Crippen LogP contribution in [0.2, 0.25) is 5.02 Å². The van der Waals surface area contributed by atoms with Crippen molar-refractivity contribution in [1.29, 1.82) is 0 Å². The number of amides is 2. The zero-order valence-corrected chi connectivity index (χ0v) is 23.3. The first-order valence-electron chi connectivity index (χ1n) is 13.6. The summed E-state index contributed by atoms with van der Waals surface area (Å²) in [5, 5.41) is 6.40. The molecule has 2 atom stereocenters. The summed E-state index contributed by atoms with van der Waals surface area (Å²) in [4.78, 5) is 33.8. The molecule has 1 unspecified atom stereocenters. The number of nitrogens with zero attached hydrogens (tertiary/aromatic N) is 3. The van der Waals surface area contributed by atoms with E-state index < -0.39 is 6.23 Å². The van der Waals surface area contributed by atoms with Crippen molar-refractivity contribution in [2.75, 3.05) is 38.5 Å². The van der Waals surface area contributed by atoms with E-state index in [2.05, 4.69) is 32.5 Å². The second kappa shape index (κ2) is 11.1. The van der Waals surface area contributed by atoms with E-state index >= 15 is 0 Å². The van der Waals surface area contributed by atoms with Crippen LogP contribution in [-0.2, 0) is 17.8 Å². The Morgan fingerprint density at radius 2 is 1.98 bits per heavy atom. The van der Waals surface area contributed by atoms with Gasteiger partial charge in [0, 0.05) is 73.0 Å². The Kier molecular flexibility index (Phi) is 7.35. The number of pyridine rings is 1. The van der Waals surface area contributed by atoms with Crippen molar-refractivity contribution in [2.24, 2.45) is 0 Å². The van der Waals surface area contributed by atoms with Gasteiger partial charge in [-0.05, 0) is 55.4 Å². The molecule has 1 fully saturated rings. The van der Waals surface area contributed by atoms with Gasteiger partial charge in [0.1, 0.15) is 23.1 Å². The van der Waals surface area contributed by atoms with E-state index in [1.165, 1.54) is 0 Å². The zero-order valence-electron chi connectivity index (χ0n) is 22.6. The molecule has 1 aromatic heterocycles. The Morgan fingerprint density at radius 1 is 1.15 bits per heavy atom. The summed E-state index contributed by atoms with van der Waals surface area (Å²) >= 11 is 6.59. The number of piperazine rings is 1. The number of nitrogens with one attached hydrogen (secondary N) is 2. The summed E-state index contributed by atoms with van der Waals surface area (Å²) in [6.07, 6.45) is 2.07. The highest BCUT2D eigenvalue weighted by atomic mass is 35.5. The summed E-state index contributed by atoms with van der Waals surface area (Å²) in [6, 6.07) is 12.9. The van der Waals surface area contributed by atoms with Crippen molar-refractivity contribution < 1.29 is 19.1 Å².